The Morgan fingerprint density at radius 1 is 1.19 bits per heavy atom. The average molecular weight is 291 g/mol. The second kappa shape index (κ2) is 5.68. The highest BCUT2D eigenvalue weighted by molar-refractivity contribution is 5.70. The third kappa shape index (κ3) is 3.56. The van der Waals surface area contributed by atoms with Gasteiger partial charge in [0.05, 0.1) is 6.10 Å². The van der Waals surface area contributed by atoms with Crippen LogP contribution in [0, 0.1) is 0 Å². The van der Waals surface area contributed by atoms with Crippen LogP contribution in [0.25, 0.3) is 0 Å². The fraction of sp³-hybridized carbons (Fsp3) is 0.588. The number of benzene rings is 1. The van der Waals surface area contributed by atoms with Gasteiger partial charge in [-0.2, -0.15) is 0 Å². The van der Waals surface area contributed by atoms with Crippen LogP contribution in [-0.4, -0.2) is 33.3 Å². The van der Waals surface area contributed by atoms with Crippen molar-refractivity contribution in [2.45, 2.75) is 64.3 Å². The molecule has 0 aliphatic carbocycles. The molecule has 2 rings (SSSR count). The van der Waals surface area contributed by atoms with Gasteiger partial charge in [0.2, 0.25) is 0 Å². The highest BCUT2D eigenvalue weighted by Gasteiger charge is 2.48. The van der Waals surface area contributed by atoms with Crippen LogP contribution in [0.5, 0.6) is 0 Å². The summed E-state index contributed by atoms with van der Waals surface area (Å²) in [6, 6.07) is 9.65. The number of rotatable bonds is 2. The predicted octanol–water partition coefficient (Wildman–Crippen LogP) is 3.34. The maximum Gasteiger partial charge on any atom is 0.410 e. The van der Waals surface area contributed by atoms with E-state index in [0.717, 1.165) is 5.56 Å². The van der Waals surface area contributed by atoms with Crippen molar-refractivity contribution in [1.82, 2.24) is 4.90 Å². The molecule has 0 unspecified atom stereocenters. The zero-order valence-corrected chi connectivity index (χ0v) is 13.3. The molecule has 1 aliphatic rings. The number of carbonyl (C=O) groups is 1. The number of hydrogen-bond acceptors (Lipinski definition) is 3. The Hall–Kier alpha value is -1.55. The third-order valence-electron chi connectivity index (χ3n) is 4.07. The first-order chi connectivity index (χ1) is 9.72. The van der Waals surface area contributed by atoms with Gasteiger partial charge in [0, 0.05) is 11.1 Å². The van der Waals surface area contributed by atoms with Crippen LogP contribution >= 0.6 is 0 Å². The van der Waals surface area contributed by atoms with Gasteiger partial charge in [0.25, 0.3) is 0 Å². The Kier molecular flexibility index (Phi) is 4.28. The van der Waals surface area contributed by atoms with Crippen molar-refractivity contribution in [2.24, 2.45) is 0 Å². The van der Waals surface area contributed by atoms with Crippen molar-refractivity contribution in [3.63, 3.8) is 0 Å². The first-order valence-electron chi connectivity index (χ1n) is 7.41. The second-order valence-corrected chi connectivity index (χ2v) is 7.06. The van der Waals surface area contributed by atoms with Crippen molar-refractivity contribution < 1.29 is 14.6 Å². The maximum absolute atomic E-state index is 12.5. The summed E-state index contributed by atoms with van der Waals surface area (Å²) >= 11 is 0. The SMILES string of the molecule is CC1(C)CC(O)CC(C)(C)N1C(=O)OCc1ccccc1. The van der Waals surface area contributed by atoms with Crippen LogP contribution < -0.4 is 0 Å². The smallest absolute Gasteiger partial charge is 0.410 e. The molecule has 0 spiro atoms. The summed E-state index contributed by atoms with van der Waals surface area (Å²) in [5.74, 6) is 0. The Balaban J connectivity index is 2.09. The van der Waals surface area contributed by atoms with Crippen molar-refractivity contribution in [3.05, 3.63) is 35.9 Å². The van der Waals surface area contributed by atoms with E-state index < -0.39 is 11.1 Å². The molecule has 21 heavy (non-hydrogen) atoms. The first-order valence-corrected chi connectivity index (χ1v) is 7.41. The van der Waals surface area contributed by atoms with Gasteiger partial charge < -0.3 is 9.84 Å². The summed E-state index contributed by atoms with van der Waals surface area (Å²) in [5.41, 5.74) is 0.127. The Morgan fingerprint density at radius 3 is 2.24 bits per heavy atom. The van der Waals surface area contributed by atoms with Crippen LogP contribution in [0.3, 0.4) is 0 Å². The van der Waals surface area contributed by atoms with Crippen LogP contribution in [0.2, 0.25) is 0 Å². The minimum atomic E-state index is -0.422. The zero-order valence-electron chi connectivity index (χ0n) is 13.3. The second-order valence-electron chi connectivity index (χ2n) is 7.06. The van der Waals surface area contributed by atoms with Gasteiger partial charge in [-0.3, -0.25) is 4.90 Å². The van der Waals surface area contributed by atoms with Gasteiger partial charge in [-0.05, 0) is 46.1 Å². The van der Waals surface area contributed by atoms with E-state index in [1.165, 1.54) is 0 Å². The molecule has 1 aliphatic heterocycles. The standard InChI is InChI=1S/C17H25NO3/c1-16(2)10-14(19)11-17(3,4)18(16)15(20)21-12-13-8-6-5-7-9-13/h5-9,14,19H,10-12H2,1-4H3. The van der Waals surface area contributed by atoms with E-state index >= 15 is 0 Å². The number of piperidine rings is 1. The predicted molar refractivity (Wildman–Crippen MR) is 81.9 cm³/mol. The largest absolute Gasteiger partial charge is 0.445 e. The molecular weight excluding hydrogens is 266 g/mol. The van der Waals surface area contributed by atoms with Crippen LogP contribution in [0.15, 0.2) is 30.3 Å². The van der Waals surface area contributed by atoms with Gasteiger partial charge >= 0.3 is 6.09 Å². The number of nitrogens with zero attached hydrogens (tertiary/aromatic N) is 1. The summed E-state index contributed by atoms with van der Waals surface area (Å²) in [6.45, 7) is 8.16. The van der Waals surface area contributed by atoms with E-state index in [1.54, 1.807) is 4.90 Å². The van der Waals surface area contributed by atoms with E-state index in [2.05, 4.69) is 0 Å². The molecule has 1 saturated heterocycles. The molecule has 1 aromatic carbocycles. The molecule has 4 nitrogen and oxygen atoms in total. The van der Waals surface area contributed by atoms with E-state index in [0.29, 0.717) is 12.8 Å². The van der Waals surface area contributed by atoms with E-state index in [-0.39, 0.29) is 18.8 Å². The highest BCUT2D eigenvalue weighted by atomic mass is 16.6. The number of ether oxygens (including phenoxy) is 1. The molecule has 1 fully saturated rings. The lowest BCUT2D eigenvalue weighted by atomic mass is 9.78. The van der Waals surface area contributed by atoms with Crippen molar-refractivity contribution in [2.75, 3.05) is 0 Å². The molecule has 0 bridgehead atoms. The normalized spacial score (nSPS) is 21.1. The Morgan fingerprint density at radius 2 is 1.71 bits per heavy atom. The third-order valence-corrected chi connectivity index (χ3v) is 4.07. The topological polar surface area (TPSA) is 49.8 Å². The molecule has 0 aromatic heterocycles. The average Bonchev–Trinajstić information content (AvgIpc) is 2.34. The minimum Gasteiger partial charge on any atom is -0.445 e. The van der Waals surface area contributed by atoms with Gasteiger partial charge in [0.1, 0.15) is 6.61 Å². The molecule has 4 heteroatoms. The molecule has 0 radical (unpaired) electrons. The van der Waals surface area contributed by atoms with Gasteiger partial charge in [-0.25, -0.2) is 4.79 Å². The quantitative estimate of drug-likeness (QED) is 0.909. The van der Waals surface area contributed by atoms with Crippen LogP contribution in [0.1, 0.15) is 46.1 Å². The molecular formula is C17H25NO3. The summed E-state index contributed by atoms with van der Waals surface area (Å²) in [6.07, 6.45) is 0.433. The molecule has 1 aromatic rings. The monoisotopic (exact) mass is 291 g/mol. The number of hydrogen-bond donors (Lipinski definition) is 1. The van der Waals surface area contributed by atoms with Crippen molar-refractivity contribution in [1.29, 1.82) is 0 Å². The molecule has 0 atom stereocenters. The molecule has 116 valence electrons. The van der Waals surface area contributed by atoms with Gasteiger partial charge in [-0.15, -0.1) is 0 Å². The van der Waals surface area contributed by atoms with Gasteiger partial charge in [0.15, 0.2) is 0 Å². The number of aliphatic hydroxyl groups excluding tert-OH is 1. The number of carbonyl (C=O) groups excluding carboxylic acids is 1. The summed E-state index contributed by atoms with van der Waals surface area (Å²) in [4.78, 5) is 14.3. The lowest BCUT2D eigenvalue weighted by molar-refractivity contribution is -0.0709. The highest BCUT2D eigenvalue weighted by Crippen LogP contribution is 2.38. The number of aliphatic hydroxyl groups is 1. The van der Waals surface area contributed by atoms with Crippen molar-refractivity contribution in [3.8, 4) is 0 Å². The minimum absolute atomic E-state index is 0.269. The maximum atomic E-state index is 12.5. The van der Waals surface area contributed by atoms with Crippen molar-refractivity contribution >= 4 is 6.09 Å². The van der Waals surface area contributed by atoms with E-state index in [4.69, 9.17) is 4.74 Å². The Bertz CT molecular complexity index is 478. The zero-order chi connectivity index (χ0) is 15.7. The van der Waals surface area contributed by atoms with Gasteiger partial charge in [-0.1, -0.05) is 30.3 Å². The summed E-state index contributed by atoms with van der Waals surface area (Å²) in [5, 5.41) is 10.0. The summed E-state index contributed by atoms with van der Waals surface area (Å²) in [7, 11) is 0. The lowest BCUT2D eigenvalue weighted by Gasteiger charge is -2.53. The Labute approximate surface area is 126 Å². The summed E-state index contributed by atoms with van der Waals surface area (Å²) < 4.78 is 5.48. The molecule has 1 N–H and O–H groups in total. The molecule has 0 saturated carbocycles. The van der Waals surface area contributed by atoms with E-state index in [1.807, 2.05) is 58.0 Å². The number of amides is 1. The molecule has 1 amide bonds. The molecule has 1 heterocycles. The first kappa shape index (κ1) is 15.8. The van der Waals surface area contributed by atoms with Crippen LogP contribution in [-0.2, 0) is 11.3 Å². The van der Waals surface area contributed by atoms with Crippen LogP contribution in [0.4, 0.5) is 4.79 Å². The lowest BCUT2D eigenvalue weighted by Crippen LogP contribution is -2.63. The fourth-order valence-electron chi connectivity index (χ4n) is 3.51. The number of likely N-dealkylation sites (tertiary alicyclic amines) is 1. The van der Waals surface area contributed by atoms with E-state index in [9.17, 15) is 9.90 Å². The fourth-order valence-corrected chi connectivity index (χ4v) is 3.51.